The molecule has 2 aliphatic heterocycles. The molecular formula is C14H21N5O2. The van der Waals surface area contributed by atoms with Crippen molar-refractivity contribution in [1.29, 1.82) is 0 Å². The number of anilines is 1. The van der Waals surface area contributed by atoms with Crippen molar-refractivity contribution in [3.05, 3.63) is 22.5 Å². The highest BCUT2D eigenvalue weighted by molar-refractivity contribution is 5.36. The van der Waals surface area contributed by atoms with E-state index < -0.39 is 4.92 Å². The van der Waals surface area contributed by atoms with Crippen molar-refractivity contribution in [3.8, 4) is 0 Å². The van der Waals surface area contributed by atoms with Gasteiger partial charge >= 0.3 is 5.69 Å². The molecule has 2 saturated heterocycles. The highest BCUT2D eigenvalue weighted by Gasteiger charge is 2.29. The van der Waals surface area contributed by atoms with E-state index in [0.29, 0.717) is 12.0 Å². The molecule has 2 aliphatic rings. The quantitative estimate of drug-likeness (QED) is 0.622. The van der Waals surface area contributed by atoms with Crippen LogP contribution in [0.3, 0.4) is 0 Å². The van der Waals surface area contributed by atoms with Gasteiger partial charge in [-0.2, -0.15) is 0 Å². The fraction of sp³-hybridized carbons (Fsp3) is 0.714. The van der Waals surface area contributed by atoms with Crippen molar-refractivity contribution in [2.45, 2.75) is 38.1 Å². The molecule has 3 heterocycles. The van der Waals surface area contributed by atoms with E-state index in [-0.39, 0.29) is 5.69 Å². The second-order valence-corrected chi connectivity index (χ2v) is 5.85. The Morgan fingerprint density at radius 2 is 1.86 bits per heavy atom. The Balaban J connectivity index is 1.66. The standard InChI is InChI=1S/C14H21N5O2/c20-19(21)13-9-15-14(16-10-13)18-8-4-5-12(18)11-17-6-2-1-3-7-17/h9-10,12H,1-8,11H2/t12-/m1/s1. The number of rotatable bonds is 4. The third-order valence-corrected chi connectivity index (χ3v) is 4.39. The van der Waals surface area contributed by atoms with Gasteiger partial charge in [0.15, 0.2) is 0 Å². The Morgan fingerprint density at radius 1 is 1.14 bits per heavy atom. The molecule has 7 heteroatoms. The van der Waals surface area contributed by atoms with Gasteiger partial charge in [0.2, 0.25) is 5.95 Å². The Bertz CT molecular complexity index is 487. The van der Waals surface area contributed by atoms with Crippen LogP contribution in [0.2, 0.25) is 0 Å². The Hall–Kier alpha value is -1.76. The summed E-state index contributed by atoms with van der Waals surface area (Å²) in [5, 5.41) is 10.7. The smallest absolute Gasteiger partial charge is 0.305 e. The maximum atomic E-state index is 10.7. The molecule has 0 radical (unpaired) electrons. The molecule has 7 nitrogen and oxygen atoms in total. The van der Waals surface area contributed by atoms with Crippen LogP contribution in [0, 0.1) is 10.1 Å². The number of likely N-dealkylation sites (tertiary alicyclic amines) is 1. The maximum Gasteiger partial charge on any atom is 0.305 e. The molecule has 2 fully saturated rings. The van der Waals surface area contributed by atoms with Gasteiger partial charge in [-0.15, -0.1) is 0 Å². The van der Waals surface area contributed by atoms with Crippen LogP contribution in [0.15, 0.2) is 12.4 Å². The van der Waals surface area contributed by atoms with Crippen molar-refractivity contribution in [3.63, 3.8) is 0 Å². The van der Waals surface area contributed by atoms with Crippen LogP contribution in [-0.2, 0) is 0 Å². The van der Waals surface area contributed by atoms with E-state index in [0.717, 1.165) is 25.9 Å². The average molecular weight is 291 g/mol. The first-order valence-corrected chi connectivity index (χ1v) is 7.69. The van der Waals surface area contributed by atoms with Gasteiger partial charge in [-0.1, -0.05) is 6.42 Å². The number of nitrogens with zero attached hydrogens (tertiary/aromatic N) is 5. The van der Waals surface area contributed by atoms with Crippen LogP contribution in [0.1, 0.15) is 32.1 Å². The average Bonchev–Trinajstić information content (AvgIpc) is 2.96. The third kappa shape index (κ3) is 3.29. The predicted molar refractivity (Wildman–Crippen MR) is 79.3 cm³/mol. The normalized spacial score (nSPS) is 23.4. The molecule has 0 N–H and O–H groups in total. The zero-order chi connectivity index (χ0) is 14.7. The fourth-order valence-corrected chi connectivity index (χ4v) is 3.29. The lowest BCUT2D eigenvalue weighted by molar-refractivity contribution is -0.385. The van der Waals surface area contributed by atoms with Gasteiger partial charge in [0.25, 0.3) is 0 Å². The lowest BCUT2D eigenvalue weighted by Gasteiger charge is -2.32. The summed E-state index contributed by atoms with van der Waals surface area (Å²) < 4.78 is 0. The minimum absolute atomic E-state index is 0.0504. The summed E-state index contributed by atoms with van der Waals surface area (Å²) in [5.41, 5.74) is -0.0504. The summed E-state index contributed by atoms with van der Waals surface area (Å²) in [7, 11) is 0. The van der Waals surface area contributed by atoms with E-state index in [9.17, 15) is 10.1 Å². The molecule has 0 aromatic carbocycles. The predicted octanol–water partition coefficient (Wildman–Crippen LogP) is 1.84. The largest absolute Gasteiger partial charge is 0.337 e. The van der Waals surface area contributed by atoms with Crippen molar-refractivity contribution >= 4 is 11.6 Å². The SMILES string of the molecule is O=[N+]([O-])c1cnc(N2CCC[C@@H]2CN2CCCCC2)nc1. The van der Waals surface area contributed by atoms with Crippen LogP contribution in [0.25, 0.3) is 0 Å². The maximum absolute atomic E-state index is 10.7. The molecule has 1 aromatic heterocycles. The first kappa shape index (κ1) is 14.2. The van der Waals surface area contributed by atoms with Gasteiger partial charge in [-0.05, 0) is 38.8 Å². The summed E-state index contributed by atoms with van der Waals surface area (Å²) in [6, 6.07) is 0.435. The van der Waals surface area contributed by atoms with Gasteiger partial charge in [0, 0.05) is 19.1 Å². The second-order valence-electron chi connectivity index (χ2n) is 5.85. The number of hydrogen-bond acceptors (Lipinski definition) is 6. The van der Waals surface area contributed by atoms with Crippen LogP contribution in [-0.4, -0.2) is 52.0 Å². The fourth-order valence-electron chi connectivity index (χ4n) is 3.29. The van der Waals surface area contributed by atoms with E-state index >= 15 is 0 Å². The molecule has 21 heavy (non-hydrogen) atoms. The minimum atomic E-state index is -0.459. The zero-order valence-corrected chi connectivity index (χ0v) is 12.1. The zero-order valence-electron chi connectivity index (χ0n) is 12.1. The van der Waals surface area contributed by atoms with Crippen LogP contribution >= 0.6 is 0 Å². The number of aromatic nitrogens is 2. The van der Waals surface area contributed by atoms with Crippen molar-refractivity contribution in [2.75, 3.05) is 31.1 Å². The summed E-state index contributed by atoms with van der Waals surface area (Å²) in [6.45, 7) is 4.37. The van der Waals surface area contributed by atoms with E-state index in [2.05, 4.69) is 19.8 Å². The molecule has 114 valence electrons. The molecular weight excluding hydrogens is 270 g/mol. The molecule has 3 rings (SSSR count). The van der Waals surface area contributed by atoms with Gasteiger partial charge in [-0.3, -0.25) is 10.1 Å². The molecule has 0 saturated carbocycles. The van der Waals surface area contributed by atoms with Gasteiger partial charge in [-0.25, -0.2) is 9.97 Å². The van der Waals surface area contributed by atoms with E-state index in [4.69, 9.17) is 0 Å². The van der Waals surface area contributed by atoms with E-state index in [1.807, 2.05) is 0 Å². The molecule has 1 atom stereocenters. The van der Waals surface area contributed by atoms with Crippen LogP contribution < -0.4 is 4.90 Å². The number of piperidine rings is 1. The summed E-state index contributed by atoms with van der Waals surface area (Å²) in [5.74, 6) is 0.625. The topological polar surface area (TPSA) is 75.4 Å². The molecule has 0 aliphatic carbocycles. The molecule has 0 amide bonds. The van der Waals surface area contributed by atoms with Gasteiger partial charge in [0.1, 0.15) is 12.4 Å². The first-order chi connectivity index (χ1) is 10.2. The van der Waals surface area contributed by atoms with Crippen LogP contribution in [0.4, 0.5) is 11.6 Å². The summed E-state index contributed by atoms with van der Waals surface area (Å²) >= 11 is 0. The number of nitro groups is 1. The summed E-state index contributed by atoms with van der Waals surface area (Å²) in [4.78, 5) is 23.3. The molecule has 0 spiro atoms. The van der Waals surface area contributed by atoms with Crippen molar-refractivity contribution < 1.29 is 4.92 Å². The lowest BCUT2D eigenvalue weighted by Crippen LogP contribution is -2.43. The molecule has 0 unspecified atom stereocenters. The molecule has 0 bridgehead atoms. The van der Waals surface area contributed by atoms with E-state index in [1.165, 1.54) is 44.7 Å². The number of hydrogen-bond donors (Lipinski definition) is 0. The third-order valence-electron chi connectivity index (χ3n) is 4.39. The van der Waals surface area contributed by atoms with Gasteiger partial charge < -0.3 is 9.80 Å². The van der Waals surface area contributed by atoms with Crippen LogP contribution in [0.5, 0.6) is 0 Å². The minimum Gasteiger partial charge on any atom is -0.337 e. The van der Waals surface area contributed by atoms with Crippen molar-refractivity contribution in [1.82, 2.24) is 14.9 Å². The van der Waals surface area contributed by atoms with Crippen molar-refractivity contribution in [2.24, 2.45) is 0 Å². The monoisotopic (exact) mass is 291 g/mol. The first-order valence-electron chi connectivity index (χ1n) is 7.69. The highest BCUT2D eigenvalue weighted by atomic mass is 16.6. The lowest BCUT2D eigenvalue weighted by atomic mass is 10.1. The highest BCUT2D eigenvalue weighted by Crippen LogP contribution is 2.24. The van der Waals surface area contributed by atoms with E-state index in [1.54, 1.807) is 0 Å². The Labute approximate surface area is 124 Å². The second kappa shape index (κ2) is 6.34. The Kier molecular flexibility index (Phi) is 4.28. The van der Waals surface area contributed by atoms with Gasteiger partial charge in [0.05, 0.1) is 4.92 Å². The molecule has 1 aromatic rings. The Morgan fingerprint density at radius 3 is 2.52 bits per heavy atom. The summed E-state index contributed by atoms with van der Waals surface area (Å²) in [6.07, 6.45) is 8.82.